The van der Waals surface area contributed by atoms with Crippen LogP contribution in [0.15, 0.2) is 18.2 Å². The lowest BCUT2D eigenvalue weighted by Crippen LogP contribution is -2.45. The largest absolute Gasteiger partial charge is 0.314 e. The van der Waals surface area contributed by atoms with Gasteiger partial charge >= 0.3 is 0 Å². The zero-order chi connectivity index (χ0) is 13.8. The van der Waals surface area contributed by atoms with Crippen LogP contribution in [-0.2, 0) is 0 Å². The van der Waals surface area contributed by atoms with Crippen LogP contribution in [0, 0.1) is 13.8 Å². The number of rotatable bonds is 4. The maximum atomic E-state index is 12.9. The highest BCUT2D eigenvalue weighted by Gasteiger charge is 2.25. The van der Waals surface area contributed by atoms with E-state index in [2.05, 4.69) is 16.3 Å². The van der Waals surface area contributed by atoms with Gasteiger partial charge in [-0.05, 0) is 19.4 Å². The van der Waals surface area contributed by atoms with Crippen molar-refractivity contribution in [1.82, 2.24) is 10.2 Å². The highest BCUT2D eigenvalue weighted by molar-refractivity contribution is 5.85. The molecule has 1 saturated heterocycles. The summed E-state index contributed by atoms with van der Waals surface area (Å²) in [6.45, 7) is 7.48. The molecule has 1 heterocycles. The fourth-order valence-electron chi connectivity index (χ4n) is 2.86. The maximum absolute atomic E-state index is 12.9. The molecule has 1 fully saturated rings. The Balaban J connectivity index is 0.00000200. The number of nitrogens with one attached hydrogen (secondary N) is 1. The van der Waals surface area contributed by atoms with E-state index in [0.29, 0.717) is 0 Å². The molecule has 1 aliphatic heterocycles. The van der Waals surface area contributed by atoms with Crippen LogP contribution in [0.25, 0.3) is 0 Å². The van der Waals surface area contributed by atoms with Crippen molar-refractivity contribution in [3.8, 4) is 0 Å². The zero-order valence-electron chi connectivity index (χ0n) is 12.0. The number of hydrogen-bond donors (Lipinski definition) is 1. The first-order chi connectivity index (χ1) is 9.06. The highest BCUT2D eigenvalue weighted by atomic mass is 35.5. The van der Waals surface area contributed by atoms with Gasteiger partial charge in [-0.15, -0.1) is 12.4 Å². The Hall–Kier alpha value is -0.710. The Kier molecular flexibility index (Phi) is 6.86. The van der Waals surface area contributed by atoms with Gasteiger partial charge < -0.3 is 5.32 Å². The number of piperazine rings is 1. The Morgan fingerprint density at radius 2 is 1.65 bits per heavy atom. The molecular weight excluding hydrogens is 282 g/mol. The van der Waals surface area contributed by atoms with E-state index in [-0.39, 0.29) is 24.9 Å². The molecule has 0 radical (unpaired) electrons. The molecular formula is C15H23ClF2N2. The molecule has 20 heavy (non-hydrogen) atoms. The first-order valence-corrected chi connectivity index (χ1v) is 6.87. The van der Waals surface area contributed by atoms with E-state index in [1.54, 1.807) is 0 Å². The number of nitrogens with zero attached hydrogens (tertiary/aromatic N) is 1. The SMILES string of the molecule is Cc1cc(C)cc([C@H](CC(F)F)N2CCNCC2)c1.Cl. The van der Waals surface area contributed by atoms with Crippen molar-refractivity contribution >= 4 is 12.4 Å². The summed E-state index contributed by atoms with van der Waals surface area (Å²) in [4.78, 5) is 2.18. The van der Waals surface area contributed by atoms with Crippen molar-refractivity contribution in [3.05, 3.63) is 34.9 Å². The predicted molar refractivity (Wildman–Crippen MR) is 81.0 cm³/mol. The maximum Gasteiger partial charge on any atom is 0.240 e. The molecule has 0 aromatic heterocycles. The molecule has 0 spiro atoms. The standard InChI is InChI=1S/C15H22F2N2.ClH/c1-11-7-12(2)9-13(8-11)14(10-15(16)17)19-5-3-18-4-6-19;/h7-9,14-15,18H,3-6,10H2,1-2H3;1H/t14-;/m0./s1. The molecule has 114 valence electrons. The molecule has 0 saturated carbocycles. The van der Waals surface area contributed by atoms with Gasteiger partial charge in [-0.3, -0.25) is 4.90 Å². The van der Waals surface area contributed by atoms with Crippen LogP contribution in [0.4, 0.5) is 8.78 Å². The smallest absolute Gasteiger partial charge is 0.240 e. The van der Waals surface area contributed by atoms with Gasteiger partial charge in [0, 0.05) is 38.6 Å². The fraction of sp³-hybridized carbons (Fsp3) is 0.600. The summed E-state index contributed by atoms with van der Waals surface area (Å²) in [7, 11) is 0. The van der Waals surface area contributed by atoms with Crippen LogP contribution in [0.5, 0.6) is 0 Å². The van der Waals surface area contributed by atoms with Crippen LogP contribution in [-0.4, -0.2) is 37.5 Å². The van der Waals surface area contributed by atoms with Crippen LogP contribution in [0.3, 0.4) is 0 Å². The zero-order valence-corrected chi connectivity index (χ0v) is 12.9. The molecule has 0 amide bonds. The second kappa shape index (κ2) is 7.91. The van der Waals surface area contributed by atoms with Crippen molar-refractivity contribution in [3.63, 3.8) is 0 Å². The third kappa shape index (κ3) is 4.69. The average molecular weight is 305 g/mol. The summed E-state index contributed by atoms with van der Waals surface area (Å²) in [6.07, 6.45) is -2.34. The first-order valence-electron chi connectivity index (χ1n) is 6.87. The summed E-state index contributed by atoms with van der Waals surface area (Å²) in [5.74, 6) is 0. The van der Waals surface area contributed by atoms with E-state index < -0.39 is 6.43 Å². The average Bonchev–Trinajstić information content (AvgIpc) is 2.35. The van der Waals surface area contributed by atoms with Crippen molar-refractivity contribution in [2.24, 2.45) is 0 Å². The van der Waals surface area contributed by atoms with Crippen molar-refractivity contribution < 1.29 is 8.78 Å². The van der Waals surface area contributed by atoms with Gasteiger partial charge in [-0.25, -0.2) is 8.78 Å². The van der Waals surface area contributed by atoms with Gasteiger partial charge in [0.2, 0.25) is 6.43 Å². The van der Waals surface area contributed by atoms with E-state index in [1.165, 1.54) is 0 Å². The molecule has 1 aliphatic rings. The van der Waals surface area contributed by atoms with Gasteiger partial charge in [-0.1, -0.05) is 29.3 Å². The van der Waals surface area contributed by atoms with Crippen LogP contribution in [0.2, 0.25) is 0 Å². The lowest BCUT2D eigenvalue weighted by atomic mass is 9.97. The van der Waals surface area contributed by atoms with Crippen molar-refractivity contribution in [1.29, 1.82) is 0 Å². The minimum atomic E-state index is -2.26. The first kappa shape index (κ1) is 17.3. The normalized spacial score (nSPS) is 17.9. The van der Waals surface area contributed by atoms with E-state index in [1.807, 2.05) is 26.0 Å². The molecule has 1 aromatic rings. The summed E-state index contributed by atoms with van der Waals surface area (Å²) in [5, 5.41) is 3.27. The monoisotopic (exact) mass is 304 g/mol. The minimum absolute atomic E-state index is 0. The van der Waals surface area contributed by atoms with Crippen LogP contribution in [0.1, 0.15) is 29.2 Å². The number of hydrogen-bond acceptors (Lipinski definition) is 2. The molecule has 1 atom stereocenters. The van der Waals surface area contributed by atoms with Crippen molar-refractivity contribution in [2.45, 2.75) is 32.7 Å². The van der Waals surface area contributed by atoms with E-state index >= 15 is 0 Å². The molecule has 5 heteroatoms. The lowest BCUT2D eigenvalue weighted by Gasteiger charge is -2.35. The molecule has 0 unspecified atom stereocenters. The Morgan fingerprint density at radius 3 is 2.15 bits per heavy atom. The predicted octanol–water partition coefficient (Wildman–Crippen LogP) is 3.33. The van der Waals surface area contributed by atoms with E-state index in [9.17, 15) is 8.78 Å². The molecule has 0 aliphatic carbocycles. The molecule has 1 aromatic carbocycles. The van der Waals surface area contributed by atoms with Gasteiger partial charge in [-0.2, -0.15) is 0 Å². The summed E-state index contributed by atoms with van der Waals surface area (Å²) in [6, 6.07) is 6.01. The van der Waals surface area contributed by atoms with Gasteiger partial charge in [0.1, 0.15) is 0 Å². The number of halogens is 3. The van der Waals surface area contributed by atoms with Gasteiger partial charge in [0.25, 0.3) is 0 Å². The third-order valence-corrected chi connectivity index (χ3v) is 3.62. The second-order valence-electron chi connectivity index (χ2n) is 5.35. The Morgan fingerprint density at radius 1 is 1.10 bits per heavy atom. The van der Waals surface area contributed by atoms with Gasteiger partial charge in [0.05, 0.1) is 0 Å². The Bertz CT molecular complexity index is 400. The molecule has 2 nitrogen and oxygen atoms in total. The topological polar surface area (TPSA) is 15.3 Å². The van der Waals surface area contributed by atoms with Gasteiger partial charge in [0.15, 0.2) is 0 Å². The molecule has 0 bridgehead atoms. The summed E-state index contributed by atoms with van der Waals surface area (Å²) >= 11 is 0. The second-order valence-corrected chi connectivity index (χ2v) is 5.35. The quantitative estimate of drug-likeness (QED) is 0.918. The summed E-state index contributed by atoms with van der Waals surface area (Å²) < 4.78 is 25.8. The van der Waals surface area contributed by atoms with E-state index in [0.717, 1.165) is 42.9 Å². The molecule has 2 rings (SSSR count). The number of benzene rings is 1. The van der Waals surface area contributed by atoms with Crippen LogP contribution < -0.4 is 5.32 Å². The lowest BCUT2D eigenvalue weighted by molar-refractivity contribution is 0.0739. The molecule has 1 N–H and O–H groups in total. The number of aryl methyl sites for hydroxylation is 2. The minimum Gasteiger partial charge on any atom is -0.314 e. The Labute approximate surface area is 126 Å². The highest BCUT2D eigenvalue weighted by Crippen LogP contribution is 2.29. The van der Waals surface area contributed by atoms with Crippen molar-refractivity contribution in [2.75, 3.05) is 26.2 Å². The summed E-state index contributed by atoms with van der Waals surface area (Å²) in [5.41, 5.74) is 3.31. The fourth-order valence-corrected chi connectivity index (χ4v) is 2.86. The third-order valence-electron chi connectivity index (χ3n) is 3.62. The van der Waals surface area contributed by atoms with E-state index in [4.69, 9.17) is 0 Å². The van der Waals surface area contributed by atoms with Crippen LogP contribution >= 0.6 is 12.4 Å². The number of alkyl halides is 2.